The average molecular weight is 155 g/mol. The van der Waals surface area contributed by atoms with E-state index in [1.54, 1.807) is 0 Å². The van der Waals surface area contributed by atoms with Crippen LogP contribution in [0.5, 0.6) is 0 Å². The molecule has 0 unspecified atom stereocenters. The Morgan fingerprint density at radius 1 is 1.60 bits per heavy atom. The number of hydrogen-bond acceptors (Lipinski definition) is 2. The normalized spacial score (nSPS) is 21.5. The Balaban J connectivity index is 2.29. The molecule has 0 aromatic heterocycles. The van der Waals surface area contributed by atoms with E-state index in [9.17, 15) is 0 Å². The molecule has 3 heteroatoms. The molecule has 0 atom stereocenters. The van der Waals surface area contributed by atoms with Gasteiger partial charge >= 0.3 is 0 Å². The van der Waals surface area contributed by atoms with Crippen molar-refractivity contribution >= 4 is 11.6 Å². The van der Waals surface area contributed by atoms with Crippen molar-refractivity contribution in [3.8, 4) is 0 Å². The van der Waals surface area contributed by atoms with Crippen LogP contribution >= 0.6 is 11.6 Å². The molecule has 0 aromatic rings. The molecular formula is C7H7ClN2. The lowest BCUT2D eigenvalue weighted by Crippen LogP contribution is -2.20. The number of allylic oxidation sites excluding steroid dienone is 2. The van der Waals surface area contributed by atoms with Crippen molar-refractivity contribution in [2.24, 2.45) is 0 Å². The SMILES string of the molecule is ClC1=CCN2C=CNC2=C1. The van der Waals surface area contributed by atoms with E-state index >= 15 is 0 Å². The highest BCUT2D eigenvalue weighted by Crippen LogP contribution is 2.18. The molecule has 2 heterocycles. The second kappa shape index (κ2) is 2.06. The Morgan fingerprint density at radius 3 is 3.40 bits per heavy atom. The van der Waals surface area contributed by atoms with Crippen molar-refractivity contribution in [3.63, 3.8) is 0 Å². The third-order valence-electron chi connectivity index (χ3n) is 1.55. The summed E-state index contributed by atoms with van der Waals surface area (Å²) in [4.78, 5) is 2.09. The van der Waals surface area contributed by atoms with E-state index < -0.39 is 0 Å². The molecule has 52 valence electrons. The maximum Gasteiger partial charge on any atom is 0.111 e. The topological polar surface area (TPSA) is 15.3 Å². The zero-order valence-corrected chi connectivity index (χ0v) is 6.10. The van der Waals surface area contributed by atoms with E-state index in [0.29, 0.717) is 0 Å². The molecule has 10 heavy (non-hydrogen) atoms. The molecular weight excluding hydrogens is 148 g/mol. The van der Waals surface area contributed by atoms with Gasteiger partial charge in [0.05, 0.1) is 0 Å². The van der Waals surface area contributed by atoms with E-state index in [4.69, 9.17) is 11.6 Å². The Morgan fingerprint density at radius 2 is 2.50 bits per heavy atom. The second-order valence-corrected chi connectivity index (χ2v) is 2.67. The molecule has 0 aromatic carbocycles. The lowest BCUT2D eigenvalue weighted by atomic mass is 10.3. The maximum atomic E-state index is 5.77. The van der Waals surface area contributed by atoms with Crippen molar-refractivity contribution in [1.29, 1.82) is 0 Å². The Bertz CT molecular complexity index is 240. The van der Waals surface area contributed by atoms with Crippen molar-refractivity contribution in [2.45, 2.75) is 0 Å². The fourth-order valence-electron chi connectivity index (χ4n) is 1.03. The zero-order valence-electron chi connectivity index (χ0n) is 5.34. The highest BCUT2D eigenvalue weighted by molar-refractivity contribution is 6.31. The van der Waals surface area contributed by atoms with Crippen molar-refractivity contribution < 1.29 is 0 Å². The summed E-state index contributed by atoms with van der Waals surface area (Å²) in [6, 6.07) is 0. The molecule has 2 aliphatic heterocycles. The Kier molecular flexibility index (Phi) is 1.21. The van der Waals surface area contributed by atoms with Gasteiger partial charge in [-0.2, -0.15) is 0 Å². The largest absolute Gasteiger partial charge is 0.347 e. The number of fused-ring (bicyclic) bond motifs is 1. The van der Waals surface area contributed by atoms with E-state index in [2.05, 4.69) is 10.2 Å². The van der Waals surface area contributed by atoms with Gasteiger partial charge in [0.25, 0.3) is 0 Å². The van der Waals surface area contributed by atoms with Gasteiger partial charge in [-0.3, -0.25) is 0 Å². The standard InChI is InChI=1S/C7H7ClN2/c8-6-1-3-10-4-2-9-7(10)5-6/h1-2,4-5,9H,3H2. The lowest BCUT2D eigenvalue weighted by Gasteiger charge is -2.18. The van der Waals surface area contributed by atoms with Crippen LogP contribution in [0.25, 0.3) is 0 Å². The first kappa shape index (κ1) is 5.86. The fraction of sp³-hybridized carbons (Fsp3) is 0.143. The highest BCUT2D eigenvalue weighted by atomic mass is 35.5. The van der Waals surface area contributed by atoms with Gasteiger partial charge in [0.15, 0.2) is 0 Å². The third-order valence-corrected chi connectivity index (χ3v) is 1.82. The summed E-state index contributed by atoms with van der Waals surface area (Å²) in [5.74, 6) is 1.06. The third kappa shape index (κ3) is 0.809. The van der Waals surface area contributed by atoms with Crippen molar-refractivity contribution in [3.05, 3.63) is 35.4 Å². The monoisotopic (exact) mass is 154 g/mol. The first-order valence-corrected chi connectivity index (χ1v) is 3.51. The van der Waals surface area contributed by atoms with Gasteiger partial charge in [-0.25, -0.2) is 0 Å². The van der Waals surface area contributed by atoms with Gasteiger partial charge in [-0.1, -0.05) is 11.6 Å². The van der Waals surface area contributed by atoms with E-state index in [1.165, 1.54) is 0 Å². The second-order valence-electron chi connectivity index (χ2n) is 2.23. The van der Waals surface area contributed by atoms with Crippen LogP contribution in [0.3, 0.4) is 0 Å². The van der Waals surface area contributed by atoms with Crippen LogP contribution in [0.2, 0.25) is 0 Å². The van der Waals surface area contributed by atoms with E-state index in [1.807, 2.05) is 24.6 Å². The predicted molar refractivity (Wildman–Crippen MR) is 41.0 cm³/mol. The zero-order chi connectivity index (χ0) is 6.97. The van der Waals surface area contributed by atoms with Gasteiger partial charge in [0.1, 0.15) is 5.82 Å². The number of rotatable bonds is 0. The molecule has 2 rings (SSSR count). The van der Waals surface area contributed by atoms with Crippen LogP contribution in [-0.4, -0.2) is 11.4 Å². The predicted octanol–water partition coefficient (Wildman–Crippen LogP) is 1.34. The van der Waals surface area contributed by atoms with Crippen LogP contribution in [0, 0.1) is 0 Å². The van der Waals surface area contributed by atoms with Gasteiger partial charge < -0.3 is 10.2 Å². The molecule has 0 saturated heterocycles. The van der Waals surface area contributed by atoms with Crippen LogP contribution < -0.4 is 5.32 Å². The molecule has 0 aliphatic carbocycles. The van der Waals surface area contributed by atoms with E-state index in [0.717, 1.165) is 17.4 Å². The Labute approximate surface area is 64.5 Å². The summed E-state index contributed by atoms with van der Waals surface area (Å²) in [6.45, 7) is 0.869. The molecule has 0 spiro atoms. The van der Waals surface area contributed by atoms with Gasteiger partial charge in [-0.05, 0) is 12.2 Å². The van der Waals surface area contributed by atoms with Gasteiger partial charge in [0, 0.05) is 24.0 Å². The average Bonchev–Trinajstić information content (AvgIpc) is 2.33. The molecule has 0 fully saturated rings. The van der Waals surface area contributed by atoms with Crippen LogP contribution in [-0.2, 0) is 0 Å². The van der Waals surface area contributed by atoms with Gasteiger partial charge in [-0.15, -0.1) is 0 Å². The van der Waals surface area contributed by atoms with Crippen LogP contribution in [0.15, 0.2) is 35.4 Å². The molecule has 0 amide bonds. The first-order valence-electron chi connectivity index (χ1n) is 3.13. The first-order chi connectivity index (χ1) is 4.86. The molecule has 0 saturated carbocycles. The number of halogens is 1. The van der Waals surface area contributed by atoms with Crippen molar-refractivity contribution in [1.82, 2.24) is 10.2 Å². The summed E-state index contributed by atoms with van der Waals surface area (Å²) >= 11 is 5.77. The fourth-order valence-corrected chi connectivity index (χ4v) is 1.21. The number of nitrogens with zero attached hydrogens (tertiary/aromatic N) is 1. The Hall–Kier alpha value is -0.890. The molecule has 0 radical (unpaired) electrons. The molecule has 2 aliphatic rings. The van der Waals surface area contributed by atoms with Crippen LogP contribution in [0.4, 0.5) is 0 Å². The summed E-state index contributed by atoms with van der Waals surface area (Å²) in [5.41, 5.74) is 0. The van der Waals surface area contributed by atoms with Gasteiger partial charge in [0.2, 0.25) is 0 Å². The van der Waals surface area contributed by atoms with Crippen LogP contribution in [0.1, 0.15) is 0 Å². The molecule has 1 N–H and O–H groups in total. The quantitative estimate of drug-likeness (QED) is 0.567. The highest BCUT2D eigenvalue weighted by Gasteiger charge is 2.12. The summed E-state index contributed by atoms with van der Waals surface area (Å²) in [6.07, 6.45) is 7.77. The summed E-state index contributed by atoms with van der Waals surface area (Å²) in [7, 11) is 0. The summed E-state index contributed by atoms with van der Waals surface area (Å²) < 4.78 is 0. The van der Waals surface area contributed by atoms with Crippen molar-refractivity contribution in [2.75, 3.05) is 6.54 Å². The van der Waals surface area contributed by atoms with E-state index in [-0.39, 0.29) is 0 Å². The minimum absolute atomic E-state index is 0.808. The number of nitrogens with one attached hydrogen (secondary N) is 1. The minimum Gasteiger partial charge on any atom is -0.347 e. The number of hydrogen-bond donors (Lipinski definition) is 1. The smallest absolute Gasteiger partial charge is 0.111 e. The lowest BCUT2D eigenvalue weighted by molar-refractivity contribution is 0.512. The maximum absolute atomic E-state index is 5.77. The summed E-state index contributed by atoms with van der Waals surface area (Å²) in [5, 5.41) is 3.88. The molecule has 0 bridgehead atoms. The molecule has 2 nitrogen and oxygen atoms in total. The minimum atomic E-state index is 0.808.